The van der Waals surface area contributed by atoms with E-state index in [4.69, 9.17) is 4.42 Å². The standard InChI is InChI=1S/C19H12N2O5S/c20-13-18(27(24,25)17-4-2-1-3-5-17)12-16-10-11-19(26-16)14-6-8-15(9-7-14)21(22)23/h1-12H/b18-12+. The van der Waals surface area contributed by atoms with E-state index in [2.05, 4.69) is 0 Å². The molecular weight excluding hydrogens is 368 g/mol. The first-order chi connectivity index (χ1) is 12.9. The maximum absolute atomic E-state index is 12.5. The molecule has 0 atom stereocenters. The van der Waals surface area contributed by atoms with E-state index in [0.717, 1.165) is 6.08 Å². The van der Waals surface area contributed by atoms with Gasteiger partial charge in [0.05, 0.1) is 9.82 Å². The number of sulfone groups is 1. The molecule has 0 saturated heterocycles. The molecule has 0 aliphatic heterocycles. The molecule has 0 saturated carbocycles. The summed E-state index contributed by atoms with van der Waals surface area (Å²) in [6.45, 7) is 0. The number of nitro benzene ring substituents is 1. The predicted molar refractivity (Wildman–Crippen MR) is 98.0 cm³/mol. The molecule has 3 aromatic rings. The topological polar surface area (TPSA) is 114 Å². The molecule has 8 heteroatoms. The number of hydrogen-bond donors (Lipinski definition) is 0. The Kier molecular flexibility index (Phi) is 4.88. The average Bonchev–Trinajstić information content (AvgIpc) is 3.15. The van der Waals surface area contributed by atoms with Gasteiger partial charge in [-0.1, -0.05) is 18.2 Å². The van der Waals surface area contributed by atoms with Crippen LogP contribution in [0.2, 0.25) is 0 Å². The molecule has 134 valence electrons. The summed E-state index contributed by atoms with van der Waals surface area (Å²) in [6, 6.07) is 18.2. The molecule has 0 bridgehead atoms. The Morgan fingerprint density at radius 3 is 2.30 bits per heavy atom. The van der Waals surface area contributed by atoms with Crippen molar-refractivity contribution in [1.29, 1.82) is 5.26 Å². The molecule has 0 amide bonds. The highest BCUT2D eigenvalue weighted by Crippen LogP contribution is 2.27. The number of nitro groups is 1. The van der Waals surface area contributed by atoms with Crippen molar-refractivity contribution in [1.82, 2.24) is 0 Å². The van der Waals surface area contributed by atoms with Gasteiger partial charge in [-0.2, -0.15) is 5.26 Å². The molecule has 0 spiro atoms. The second-order valence-corrected chi connectivity index (χ2v) is 7.36. The highest BCUT2D eigenvalue weighted by Gasteiger charge is 2.21. The van der Waals surface area contributed by atoms with Gasteiger partial charge in [0.2, 0.25) is 9.84 Å². The summed E-state index contributed by atoms with van der Waals surface area (Å²) in [5.41, 5.74) is 0.538. The first-order valence-corrected chi connectivity index (χ1v) is 9.17. The highest BCUT2D eigenvalue weighted by molar-refractivity contribution is 7.95. The number of allylic oxidation sites excluding steroid dienone is 1. The predicted octanol–water partition coefficient (Wildman–Crippen LogP) is 4.19. The van der Waals surface area contributed by atoms with Crippen LogP contribution in [0.25, 0.3) is 17.4 Å². The Morgan fingerprint density at radius 2 is 1.70 bits per heavy atom. The second kappa shape index (κ2) is 7.27. The molecular formula is C19H12N2O5S. The molecule has 2 aromatic carbocycles. The fraction of sp³-hybridized carbons (Fsp3) is 0. The van der Waals surface area contributed by atoms with Gasteiger partial charge in [0.15, 0.2) is 4.91 Å². The van der Waals surface area contributed by atoms with Gasteiger partial charge in [0, 0.05) is 23.8 Å². The fourth-order valence-corrected chi connectivity index (χ4v) is 3.52. The zero-order valence-corrected chi connectivity index (χ0v) is 14.6. The molecule has 1 aromatic heterocycles. The SMILES string of the molecule is N#C/C(=C\c1ccc(-c2ccc([N+](=O)[O-])cc2)o1)S(=O)(=O)c1ccccc1. The summed E-state index contributed by atoms with van der Waals surface area (Å²) in [4.78, 5) is 9.77. The van der Waals surface area contributed by atoms with Gasteiger partial charge < -0.3 is 4.42 Å². The van der Waals surface area contributed by atoms with Crippen LogP contribution in [0.15, 0.2) is 80.9 Å². The van der Waals surface area contributed by atoms with Crippen LogP contribution in [0, 0.1) is 21.4 Å². The van der Waals surface area contributed by atoms with Gasteiger partial charge in [0.25, 0.3) is 5.69 Å². The van der Waals surface area contributed by atoms with Crippen molar-refractivity contribution in [2.75, 3.05) is 0 Å². The minimum absolute atomic E-state index is 0.0138. The number of nitriles is 1. The molecule has 0 fully saturated rings. The second-order valence-electron chi connectivity index (χ2n) is 5.44. The van der Waals surface area contributed by atoms with E-state index in [1.54, 1.807) is 30.3 Å². The van der Waals surface area contributed by atoms with Crippen LogP contribution in [0.4, 0.5) is 5.69 Å². The van der Waals surface area contributed by atoms with E-state index in [0.29, 0.717) is 11.3 Å². The molecule has 0 aliphatic rings. The third-order valence-electron chi connectivity index (χ3n) is 3.72. The molecule has 0 unspecified atom stereocenters. The number of benzene rings is 2. The Hall–Kier alpha value is -3.70. The zero-order chi connectivity index (χ0) is 19.4. The minimum atomic E-state index is -3.95. The smallest absolute Gasteiger partial charge is 0.269 e. The highest BCUT2D eigenvalue weighted by atomic mass is 32.2. The van der Waals surface area contributed by atoms with E-state index < -0.39 is 19.7 Å². The van der Waals surface area contributed by atoms with Crippen LogP contribution >= 0.6 is 0 Å². The number of rotatable bonds is 5. The lowest BCUT2D eigenvalue weighted by molar-refractivity contribution is -0.384. The summed E-state index contributed by atoms with van der Waals surface area (Å²) in [5, 5.41) is 20.0. The summed E-state index contributed by atoms with van der Waals surface area (Å²) >= 11 is 0. The lowest BCUT2D eigenvalue weighted by Crippen LogP contribution is -2.03. The monoisotopic (exact) mass is 380 g/mol. The van der Waals surface area contributed by atoms with Gasteiger partial charge >= 0.3 is 0 Å². The molecule has 0 radical (unpaired) electrons. The molecule has 3 rings (SSSR count). The van der Waals surface area contributed by atoms with Crippen LogP contribution in [-0.4, -0.2) is 13.3 Å². The number of nitrogens with zero attached hydrogens (tertiary/aromatic N) is 2. The van der Waals surface area contributed by atoms with Gasteiger partial charge in [-0.05, 0) is 36.4 Å². The minimum Gasteiger partial charge on any atom is -0.457 e. The Balaban J connectivity index is 1.93. The molecule has 7 nitrogen and oxygen atoms in total. The molecule has 1 heterocycles. The largest absolute Gasteiger partial charge is 0.457 e. The lowest BCUT2D eigenvalue weighted by Gasteiger charge is -2.01. The van der Waals surface area contributed by atoms with Crippen molar-refractivity contribution >= 4 is 21.6 Å². The van der Waals surface area contributed by atoms with Crippen LogP contribution in [0.5, 0.6) is 0 Å². The van der Waals surface area contributed by atoms with Crippen molar-refractivity contribution in [3.05, 3.63) is 87.5 Å². The van der Waals surface area contributed by atoms with Crippen LogP contribution < -0.4 is 0 Å². The molecule has 27 heavy (non-hydrogen) atoms. The van der Waals surface area contributed by atoms with Crippen molar-refractivity contribution in [2.24, 2.45) is 0 Å². The summed E-state index contributed by atoms with van der Waals surface area (Å²) in [5.74, 6) is 0.574. The van der Waals surface area contributed by atoms with Crippen molar-refractivity contribution in [2.45, 2.75) is 4.90 Å². The third kappa shape index (κ3) is 3.78. The van der Waals surface area contributed by atoms with E-state index in [9.17, 15) is 23.8 Å². The fourth-order valence-electron chi connectivity index (χ4n) is 2.36. The quantitative estimate of drug-likeness (QED) is 0.372. The van der Waals surface area contributed by atoms with E-state index in [1.165, 1.54) is 42.5 Å². The maximum atomic E-state index is 12.5. The Labute approximate surface area is 154 Å². The van der Waals surface area contributed by atoms with Gasteiger partial charge in [-0.25, -0.2) is 8.42 Å². The van der Waals surface area contributed by atoms with Crippen LogP contribution in [0.1, 0.15) is 5.76 Å². The lowest BCUT2D eigenvalue weighted by atomic mass is 10.1. The van der Waals surface area contributed by atoms with Crippen molar-refractivity contribution in [3.63, 3.8) is 0 Å². The van der Waals surface area contributed by atoms with E-state index in [-0.39, 0.29) is 16.3 Å². The summed E-state index contributed by atoms with van der Waals surface area (Å²) < 4.78 is 30.7. The van der Waals surface area contributed by atoms with E-state index in [1.807, 2.05) is 0 Å². The van der Waals surface area contributed by atoms with Gasteiger partial charge in [-0.15, -0.1) is 0 Å². The number of furan rings is 1. The van der Waals surface area contributed by atoms with Gasteiger partial charge in [0.1, 0.15) is 17.6 Å². The Bertz CT molecular complexity index is 1150. The Morgan fingerprint density at radius 1 is 1.04 bits per heavy atom. The van der Waals surface area contributed by atoms with Gasteiger partial charge in [-0.3, -0.25) is 10.1 Å². The van der Waals surface area contributed by atoms with E-state index >= 15 is 0 Å². The average molecular weight is 380 g/mol. The van der Waals surface area contributed by atoms with Crippen molar-refractivity contribution < 1.29 is 17.8 Å². The maximum Gasteiger partial charge on any atom is 0.269 e. The number of non-ortho nitro benzene ring substituents is 1. The molecule has 0 aliphatic carbocycles. The van der Waals surface area contributed by atoms with Crippen molar-refractivity contribution in [3.8, 4) is 17.4 Å². The first-order valence-electron chi connectivity index (χ1n) is 7.68. The summed E-state index contributed by atoms with van der Waals surface area (Å²) in [6.07, 6.45) is 1.15. The van der Waals surface area contributed by atoms with Crippen LogP contribution in [-0.2, 0) is 9.84 Å². The normalized spacial score (nSPS) is 11.7. The number of hydrogen-bond acceptors (Lipinski definition) is 6. The molecule has 0 N–H and O–H groups in total. The zero-order valence-electron chi connectivity index (χ0n) is 13.8. The van der Waals surface area contributed by atoms with Crippen LogP contribution in [0.3, 0.4) is 0 Å². The third-order valence-corrected chi connectivity index (χ3v) is 5.40. The first kappa shape index (κ1) is 18.1. The summed E-state index contributed by atoms with van der Waals surface area (Å²) in [7, 11) is -3.95.